The lowest BCUT2D eigenvalue weighted by Crippen LogP contribution is -2.43. The molecule has 0 aliphatic carbocycles. The summed E-state index contributed by atoms with van der Waals surface area (Å²) >= 11 is 5.59. The number of carbonyl (C=O) groups excluding carboxylic acids is 6. The van der Waals surface area contributed by atoms with Gasteiger partial charge in [-0.1, -0.05) is 12.6 Å². The number of alkyl carbamates (subject to hydrolysis) is 2. The number of rotatable bonds is 19. The van der Waals surface area contributed by atoms with Crippen LogP contribution in [0.25, 0.3) is 0 Å². The Morgan fingerprint density at radius 3 is 1.58 bits per heavy atom. The number of ether oxygens (including phenoxy) is 2. The van der Waals surface area contributed by atoms with Crippen molar-refractivity contribution in [2.45, 2.75) is 117 Å². The maximum atomic E-state index is 13.8. The number of ketones is 2. The van der Waals surface area contributed by atoms with Crippen LogP contribution in [0.2, 0.25) is 0 Å². The van der Waals surface area contributed by atoms with Gasteiger partial charge < -0.3 is 30.7 Å². The third-order valence-electron chi connectivity index (χ3n) is 7.66. The minimum atomic E-state index is -0.925. The van der Waals surface area contributed by atoms with Gasteiger partial charge in [0, 0.05) is 25.5 Å². The third kappa shape index (κ3) is 23.6. The monoisotopic (exact) mass is 922 g/mol. The fraction of sp³-hybridized carbons (Fsp3) is 0.538. The van der Waals surface area contributed by atoms with Crippen molar-refractivity contribution < 1.29 is 47.0 Å². The summed E-state index contributed by atoms with van der Waals surface area (Å²) in [5, 5.41) is 33.4. The molecular weight excluding hydrogens is 866 g/mol. The standard InChI is InChI=1S/C19H26FN7O4.C18H25ClFN3O4.CH2N4.CH4/c1-19(2,3)31-18(30)22-9-5-4-8-14(15(28)11-27-24-12-23-26-27)25-17(29)13-7-6-10-21-16(13)20;1-18(2,3)27-17(26)22-9-5-4-8-13(14(24)11-19)23-16(25)12-7-6-10-21-15(12)20;1-2-4-5-3-1;/h6-7,10,12,14H,4-5,8-9,11H2,1-3H3,(H,22,30)(H,25,29);6-7,10,13H,4-5,8-9,11H2,1-3H3,(H,22,26)(H,23,25);1H,(H,2,3,4,5);1H4/t14-;13-;;/m00../s1. The molecule has 25 heteroatoms. The van der Waals surface area contributed by atoms with Crippen LogP contribution in [0.15, 0.2) is 49.3 Å². The van der Waals surface area contributed by atoms with E-state index in [1.807, 2.05) is 0 Å². The maximum absolute atomic E-state index is 13.8. The van der Waals surface area contributed by atoms with Crippen LogP contribution in [0.4, 0.5) is 18.4 Å². The molecule has 4 aromatic heterocycles. The van der Waals surface area contributed by atoms with Crippen molar-refractivity contribution in [1.29, 1.82) is 0 Å². The van der Waals surface area contributed by atoms with E-state index in [4.69, 9.17) is 21.1 Å². The summed E-state index contributed by atoms with van der Waals surface area (Å²) in [5.74, 6) is -4.31. The molecular formula is C39H57ClF2N14O8. The van der Waals surface area contributed by atoms with E-state index in [1.54, 1.807) is 41.5 Å². The van der Waals surface area contributed by atoms with Crippen LogP contribution in [-0.4, -0.2) is 129 Å². The van der Waals surface area contributed by atoms with Crippen LogP contribution in [0, 0.1) is 11.9 Å². The highest BCUT2D eigenvalue weighted by Crippen LogP contribution is 2.11. The summed E-state index contributed by atoms with van der Waals surface area (Å²) < 4.78 is 37.6. The molecule has 0 saturated carbocycles. The molecule has 0 unspecified atom stereocenters. The number of carbonyl (C=O) groups is 6. The molecule has 4 aromatic rings. The number of nitrogens with zero attached hydrogens (tertiary/aromatic N) is 9. The molecule has 352 valence electrons. The van der Waals surface area contributed by atoms with Gasteiger partial charge >= 0.3 is 12.2 Å². The molecule has 64 heavy (non-hydrogen) atoms. The maximum Gasteiger partial charge on any atom is 0.407 e. The van der Waals surface area contributed by atoms with E-state index in [9.17, 15) is 37.5 Å². The van der Waals surface area contributed by atoms with Gasteiger partial charge in [0.25, 0.3) is 11.8 Å². The van der Waals surface area contributed by atoms with Crippen LogP contribution in [0.5, 0.6) is 0 Å². The number of pyridine rings is 2. The first-order chi connectivity index (χ1) is 29.8. The van der Waals surface area contributed by atoms with E-state index in [0.717, 1.165) is 4.80 Å². The molecule has 0 fully saturated rings. The number of aromatic nitrogens is 10. The summed E-state index contributed by atoms with van der Waals surface area (Å²) in [6.45, 7) is 11.1. The normalized spacial score (nSPS) is 11.6. The number of hydrogen-bond donors (Lipinski definition) is 5. The number of unbranched alkanes of at least 4 members (excludes halogenated alkanes) is 2. The summed E-state index contributed by atoms with van der Waals surface area (Å²) in [4.78, 5) is 80.3. The quantitative estimate of drug-likeness (QED) is 0.0506. The molecule has 2 atom stereocenters. The molecule has 0 radical (unpaired) electrons. The van der Waals surface area contributed by atoms with Gasteiger partial charge in [-0.15, -0.1) is 32.0 Å². The van der Waals surface area contributed by atoms with E-state index in [-0.39, 0.29) is 49.0 Å². The minimum Gasteiger partial charge on any atom is -0.444 e. The zero-order chi connectivity index (χ0) is 46.8. The molecule has 4 amide bonds. The van der Waals surface area contributed by atoms with Crippen LogP contribution < -0.4 is 21.3 Å². The Morgan fingerprint density at radius 1 is 0.734 bits per heavy atom. The molecule has 0 saturated heterocycles. The Labute approximate surface area is 374 Å². The highest BCUT2D eigenvalue weighted by atomic mass is 35.5. The van der Waals surface area contributed by atoms with Gasteiger partial charge in [0.15, 0.2) is 24.2 Å². The van der Waals surface area contributed by atoms with E-state index in [2.05, 4.69) is 67.3 Å². The average Bonchev–Trinajstić information content (AvgIpc) is 3.97. The van der Waals surface area contributed by atoms with E-state index in [0.29, 0.717) is 45.2 Å². The van der Waals surface area contributed by atoms with Gasteiger partial charge in [-0.05, 0) is 110 Å². The van der Waals surface area contributed by atoms with Gasteiger partial charge in [-0.25, -0.2) is 19.6 Å². The number of tetrazole rings is 2. The SMILES string of the molecule is C.CC(C)(C)OC(=O)NCCCC[C@H](NC(=O)c1cccnc1F)C(=O)CCl.CC(C)(C)OC(=O)NCCCC[C@H](NC(=O)c1cccnc1F)C(=O)Cn1ncnn1.c1nn[nH]n1. The van der Waals surface area contributed by atoms with Crippen LogP contribution in [0.3, 0.4) is 0 Å². The van der Waals surface area contributed by atoms with Gasteiger partial charge in [0.05, 0.1) is 29.1 Å². The Kier molecular flexibility index (Phi) is 25.0. The van der Waals surface area contributed by atoms with Crippen molar-refractivity contribution in [2.24, 2.45) is 0 Å². The lowest BCUT2D eigenvalue weighted by molar-refractivity contribution is -0.122. The van der Waals surface area contributed by atoms with Crippen molar-refractivity contribution >= 4 is 47.2 Å². The first-order valence-electron chi connectivity index (χ1n) is 19.5. The molecule has 0 aliphatic heterocycles. The second-order valence-electron chi connectivity index (χ2n) is 15.2. The van der Waals surface area contributed by atoms with Crippen molar-refractivity contribution in [1.82, 2.24) is 72.1 Å². The van der Waals surface area contributed by atoms with Crippen molar-refractivity contribution in [3.05, 3.63) is 72.3 Å². The fourth-order valence-corrected chi connectivity index (χ4v) is 5.09. The zero-order valence-electron chi connectivity index (χ0n) is 35.8. The molecule has 5 N–H and O–H groups in total. The molecule has 4 rings (SSSR count). The number of nitrogens with one attached hydrogen (secondary N) is 5. The Morgan fingerprint density at radius 2 is 1.22 bits per heavy atom. The largest absolute Gasteiger partial charge is 0.444 e. The predicted octanol–water partition coefficient (Wildman–Crippen LogP) is 3.93. The average molecular weight is 923 g/mol. The second-order valence-corrected chi connectivity index (χ2v) is 15.4. The van der Waals surface area contributed by atoms with Crippen molar-refractivity contribution in [2.75, 3.05) is 19.0 Å². The predicted molar refractivity (Wildman–Crippen MR) is 227 cm³/mol. The van der Waals surface area contributed by atoms with E-state index >= 15 is 0 Å². The zero-order valence-corrected chi connectivity index (χ0v) is 36.5. The number of halogens is 3. The van der Waals surface area contributed by atoms with Crippen LogP contribution in [0.1, 0.15) is 108 Å². The summed E-state index contributed by atoms with van der Waals surface area (Å²) in [5.41, 5.74) is -1.67. The third-order valence-corrected chi connectivity index (χ3v) is 7.92. The molecule has 0 spiro atoms. The summed E-state index contributed by atoms with van der Waals surface area (Å²) in [7, 11) is 0. The molecule has 0 bridgehead atoms. The lowest BCUT2D eigenvalue weighted by Gasteiger charge is -2.20. The number of H-pyrrole nitrogens is 1. The van der Waals surface area contributed by atoms with E-state index in [1.165, 1.54) is 49.3 Å². The van der Waals surface area contributed by atoms with Gasteiger partial charge in [0.1, 0.15) is 17.7 Å². The van der Waals surface area contributed by atoms with Crippen LogP contribution >= 0.6 is 11.6 Å². The smallest absolute Gasteiger partial charge is 0.407 e. The van der Waals surface area contributed by atoms with Gasteiger partial charge in [-0.2, -0.15) is 18.8 Å². The Balaban J connectivity index is 0.000000571. The number of amides is 4. The lowest BCUT2D eigenvalue weighted by atomic mass is 10.0. The Bertz CT molecular complexity index is 2000. The van der Waals surface area contributed by atoms with Crippen molar-refractivity contribution in [3.63, 3.8) is 0 Å². The highest BCUT2D eigenvalue weighted by Gasteiger charge is 2.25. The number of aromatic amines is 1. The molecule has 0 aliphatic rings. The first-order valence-corrected chi connectivity index (χ1v) is 20.1. The highest BCUT2D eigenvalue weighted by molar-refractivity contribution is 6.28. The van der Waals surface area contributed by atoms with Crippen molar-refractivity contribution in [3.8, 4) is 0 Å². The van der Waals surface area contributed by atoms with Gasteiger partial charge in [-0.3, -0.25) is 19.2 Å². The molecule has 22 nitrogen and oxygen atoms in total. The molecule has 4 heterocycles. The number of Topliss-reactive ketones (excluding diaryl/α,β-unsaturated/α-hetero) is 2. The minimum absolute atomic E-state index is 0. The fourth-order valence-electron chi connectivity index (χ4n) is 4.90. The van der Waals surface area contributed by atoms with Crippen LogP contribution in [-0.2, 0) is 25.6 Å². The Hall–Kier alpha value is -6.59. The van der Waals surface area contributed by atoms with Gasteiger partial charge in [0.2, 0.25) is 11.9 Å². The summed E-state index contributed by atoms with van der Waals surface area (Å²) in [6, 6.07) is 3.68. The first kappa shape index (κ1) is 55.4. The number of alkyl halides is 1. The summed E-state index contributed by atoms with van der Waals surface area (Å²) in [6.07, 6.45) is 6.68. The van der Waals surface area contributed by atoms with E-state index < -0.39 is 59.2 Å². The topological polar surface area (TPSA) is 293 Å². The second kappa shape index (κ2) is 28.9. The molecule has 0 aromatic carbocycles. The number of hydrogen-bond acceptors (Lipinski definition) is 16.